The van der Waals surface area contributed by atoms with Crippen LogP contribution in [-0.4, -0.2) is 21.9 Å². The minimum Gasteiger partial charge on any atom is -0.374 e. The van der Waals surface area contributed by atoms with Crippen LogP contribution in [0.5, 0.6) is 0 Å². The second kappa shape index (κ2) is 6.23. The molecule has 1 heterocycles. The summed E-state index contributed by atoms with van der Waals surface area (Å²) < 4.78 is 0.676. The molecule has 5 nitrogen and oxygen atoms in total. The van der Waals surface area contributed by atoms with E-state index in [1.165, 1.54) is 23.1 Å². The summed E-state index contributed by atoms with van der Waals surface area (Å²) in [4.78, 5) is 11.8. The molecule has 0 bridgehead atoms. The summed E-state index contributed by atoms with van der Waals surface area (Å²) >= 11 is 8.45. The number of nitrogens with zero attached hydrogens (tertiary/aromatic N) is 2. The van der Waals surface area contributed by atoms with Crippen LogP contribution in [0.4, 0.5) is 10.8 Å². The molecule has 3 N–H and O–H groups in total. The molecule has 0 aliphatic rings. The monoisotopic (exact) mass is 314 g/mol. The predicted octanol–water partition coefficient (Wildman–Crippen LogP) is 2.81. The minimum atomic E-state index is -0.121. The van der Waals surface area contributed by atoms with Gasteiger partial charge in [-0.3, -0.25) is 4.79 Å². The summed E-state index contributed by atoms with van der Waals surface area (Å²) in [7, 11) is 0. The molecule has 100 valence electrons. The van der Waals surface area contributed by atoms with Crippen LogP contribution >= 0.6 is 34.7 Å². The highest BCUT2D eigenvalue weighted by Crippen LogP contribution is 2.24. The number of thioether (sulfide) groups is 1. The number of aromatic nitrogens is 2. The van der Waals surface area contributed by atoms with E-state index in [4.69, 9.17) is 17.3 Å². The zero-order valence-electron chi connectivity index (χ0n) is 10.0. The van der Waals surface area contributed by atoms with Crippen molar-refractivity contribution in [3.05, 3.63) is 28.8 Å². The molecular formula is C11H11ClN4OS2. The molecule has 2 aromatic rings. The van der Waals surface area contributed by atoms with Crippen molar-refractivity contribution in [1.29, 1.82) is 0 Å². The number of hydrogen-bond donors (Lipinski definition) is 2. The average Bonchev–Trinajstić information content (AvgIpc) is 2.77. The number of carbonyl (C=O) groups is 1. The highest BCUT2D eigenvalue weighted by Gasteiger charge is 2.08. The number of amides is 1. The number of anilines is 2. The number of aryl methyl sites for hydroxylation is 1. The van der Waals surface area contributed by atoms with Gasteiger partial charge >= 0.3 is 0 Å². The maximum Gasteiger partial charge on any atom is 0.234 e. The number of carbonyl (C=O) groups excluding carboxylic acids is 1. The molecule has 0 spiro atoms. The molecule has 8 heteroatoms. The molecular weight excluding hydrogens is 304 g/mol. The van der Waals surface area contributed by atoms with Crippen molar-refractivity contribution >= 4 is 51.4 Å². The van der Waals surface area contributed by atoms with Gasteiger partial charge in [-0.05, 0) is 24.6 Å². The van der Waals surface area contributed by atoms with Crippen molar-refractivity contribution in [1.82, 2.24) is 10.2 Å². The van der Waals surface area contributed by atoms with Gasteiger partial charge in [-0.1, -0.05) is 40.8 Å². The Balaban J connectivity index is 1.92. The van der Waals surface area contributed by atoms with Crippen LogP contribution in [0.15, 0.2) is 22.5 Å². The zero-order valence-corrected chi connectivity index (χ0v) is 12.4. The molecule has 0 fully saturated rings. The highest BCUT2D eigenvalue weighted by atomic mass is 35.5. The third kappa shape index (κ3) is 4.09. The number of hydrogen-bond acceptors (Lipinski definition) is 6. The molecule has 0 aliphatic carbocycles. The van der Waals surface area contributed by atoms with Gasteiger partial charge in [0, 0.05) is 10.7 Å². The normalized spacial score (nSPS) is 10.4. The molecule has 0 aliphatic heterocycles. The zero-order chi connectivity index (χ0) is 13.8. The van der Waals surface area contributed by atoms with Crippen LogP contribution in [0.3, 0.4) is 0 Å². The molecule has 0 atom stereocenters. The van der Waals surface area contributed by atoms with Crippen molar-refractivity contribution in [2.24, 2.45) is 0 Å². The van der Waals surface area contributed by atoms with E-state index in [0.29, 0.717) is 14.5 Å². The molecule has 1 amide bonds. The Kier molecular flexibility index (Phi) is 4.62. The fourth-order valence-corrected chi connectivity index (χ4v) is 2.93. The smallest absolute Gasteiger partial charge is 0.234 e. The Labute approximate surface area is 123 Å². The first kappa shape index (κ1) is 14.1. The predicted molar refractivity (Wildman–Crippen MR) is 79.9 cm³/mol. The van der Waals surface area contributed by atoms with E-state index < -0.39 is 0 Å². The molecule has 0 radical (unpaired) electrons. The van der Waals surface area contributed by atoms with Gasteiger partial charge in [0.1, 0.15) is 0 Å². The Bertz CT molecular complexity index is 602. The fourth-order valence-electron chi connectivity index (χ4n) is 1.32. The maximum atomic E-state index is 11.8. The van der Waals surface area contributed by atoms with E-state index >= 15 is 0 Å². The lowest BCUT2D eigenvalue weighted by Crippen LogP contribution is -2.14. The van der Waals surface area contributed by atoms with Crippen molar-refractivity contribution in [2.75, 3.05) is 16.8 Å². The first-order chi connectivity index (χ1) is 9.04. The summed E-state index contributed by atoms with van der Waals surface area (Å²) in [5.41, 5.74) is 7.14. The van der Waals surface area contributed by atoms with Crippen LogP contribution in [0.25, 0.3) is 0 Å². The molecule has 1 aromatic carbocycles. The van der Waals surface area contributed by atoms with Crippen LogP contribution in [0.2, 0.25) is 5.02 Å². The quantitative estimate of drug-likeness (QED) is 0.848. The van der Waals surface area contributed by atoms with Gasteiger partial charge in [-0.15, -0.1) is 10.2 Å². The van der Waals surface area contributed by atoms with Crippen molar-refractivity contribution in [3.63, 3.8) is 0 Å². The lowest BCUT2D eigenvalue weighted by Gasteiger charge is -2.07. The molecule has 0 saturated carbocycles. The summed E-state index contributed by atoms with van der Waals surface area (Å²) in [6, 6.07) is 5.37. The number of halogens is 1. The van der Waals surface area contributed by atoms with Gasteiger partial charge in [0.05, 0.1) is 5.75 Å². The molecule has 0 unspecified atom stereocenters. The first-order valence-electron chi connectivity index (χ1n) is 5.32. The Hall–Kier alpha value is -1.31. The third-order valence-corrected chi connectivity index (χ3v) is 4.34. The molecule has 19 heavy (non-hydrogen) atoms. The van der Waals surface area contributed by atoms with Gasteiger partial charge in [-0.25, -0.2) is 0 Å². The fraction of sp³-hybridized carbons (Fsp3) is 0.182. The number of rotatable bonds is 4. The number of nitrogens with one attached hydrogen (secondary N) is 1. The van der Waals surface area contributed by atoms with Crippen molar-refractivity contribution < 1.29 is 4.79 Å². The van der Waals surface area contributed by atoms with Crippen molar-refractivity contribution in [2.45, 2.75) is 11.3 Å². The highest BCUT2D eigenvalue weighted by molar-refractivity contribution is 8.01. The van der Waals surface area contributed by atoms with E-state index in [1.807, 2.05) is 13.0 Å². The van der Waals surface area contributed by atoms with E-state index in [2.05, 4.69) is 15.5 Å². The summed E-state index contributed by atoms with van der Waals surface area (Å²) in [6.45, 7) is 1.91. The topological polar surface area (TPSA) is 80.9 Å². The maximum absolute atomic E-state index is 11.8. The molecule has 2 rings (SSSR count). The van der Waals surface area contributed by atoms with Crippen LogP contribution in [0.1, 0.15) is 5.56 Å². The summed E-state index contributed by atoms with van der Waals surface area (Å²) in [5, 5.41) is 11.3. The van der Waals surface area contributed by atoms with Crippen LogP contribution < -0.4 is 11.1 Å². The van der Waals surface area contributed by atoms with E-state index in [0.717, 1.165) is 11.3 Å². The van der Waals surface area contributed by atoms with E-state index in [1.54, 1.807) is 12.1 Å². The van der Waals surface area contributed by atoms with Gasteiger partial charge in [0.15, 0.2) is 4.34 Å². The second-order valence-electron chi connectivity index (χ2n) is 3.70. The number of benzene rings is 1. The Morgan fingerprint density at radius 3 is 3.00 bits per heavy atom. The van der Waals surface area contributed by atoms with Gasteiger partial charge < -0.3 is 11.1 Å². The lowest BCUT2D eigenvalue weighted by atomic mass is 10.2. The van der Waals surface area contributed by atoms with E-state index in [9.17, 15) is 4.79 Å². The van der Waals surface area contributed by atoms with Gasteiger partial charge in [0.2, 0.25) is 11.0 Å². The SMILES string of the molecule is Cc1ccc(Cl)cc1NC(=O)CSc1nnc(N)s1. The molecule has 1 aromatic heterocycles. The standard InChI is InChI=1S/C11H11ClN4OS2/c1-6-2-3-7(12)4-8(6)14-9(17)5-18-11-16-15-10(13)19-11/h2-4H,5H2,1H3,(H2,13,15)(H,14,17). The minimum absolute atomic E-state index is 0.121. The van der Waals surface area contributed by atoms with Crippen LogP contribution in [-0.2, 0) is 4.79 Å². The lowest BCUT2D eigenvalue weighted by molar-refractivity contribution is -0.113. The number of nitrogen functional groups attached to an aromatic ring is 1. The van der Waals surface area contributed by atoms with Crippen molar-refractivity contribution in [3.8, 4) is 0 Å². The second-order valence-corrected chi connectivity index (χ2v) is 6.37. The summed E-state index contributed by atoms with van der Waals surface area (Å²) in [5.74, 6) is 0.129. The van der Waals surface area contributed by atoms with Crippen LogP contribution in [0, 0.1) is 6.92 Å². The average molecular weight is 315 g/mol. The Morgan fingerprint density at radius 2 is 2.32 bits per heavy atom. The first-order valence-corrected chi connectivity index (χ1v) is 7.50. The largest absolute Gasteiger partial charge is 0.374 e. The van der Waals surface area contributed by atoms with E-state index in [-0.39, 0.29) is 11.7 Å². The molecule has 0 saturated heterocycles. The van der Waals surface area contributed by atoms with Gasteiger partial charge in [-0.2, -0.15) is 0 Å². The number of nitrogens with two attached hydrogens (primary N) is 1. The van der Waals surface area contributed by atoms with Gasteiger partial charge in [0.25, 0.3) is 0 Å². The third-order valence-electron chi connectivity index (χ3n) is 2.22. The summed E-state index contributed by atoms with van der Waals surface area (Å²) in [6.07, 6.45) is 0. The Morgan fingerprint density at radius 1 is 1.53 bits per heavy atom.